The van der Waals surface area contributed by atoms with E-state index in [1.807, 2.05) is 0 Å². The van der Waals surface area contributed by atoms with Crippen LogP contribution in [0.15, 0.2) is 6.20 Å². The van der Waals surface area contributed by atoms with Crippen molar-refractivity contribution in [3.8, 4) is 0 Å². The van der Waals surface area contributed by atoms with Crippen LogP contribution in [0.1, 0.15) is 23.0 Å². The van der Waals surface area contributed by atoms with Crippen molar-refractivity contribution >= 4 is 5.91 Å². The van der Waals surface area contributed by atoms with E-state index in [1.54, 1.807) is 10.9 Å². The summed E-state index contributed by atoms with van der Waals surface area (Å²) in [7, 11) is 0. The van der Waals surface area contributed by atoms with E-state index in [9.17, 15) is 4.79 Å². The number of carbonyl (C=O) groups is 1. The van der Waals surface area contributed by atoms with Crippen LogP contribution in [0, 0.1) is 0 Å². The lowest BCUT2D eigenvalue weighted by Crippen LogP contribution is -2.43. The fourth-order valence-corrected chi connectivity index (χ4v) is 2.44. The van der Waals surface area contributed by atoms with Crippen molar-refractivity contribution in [3.63, 3.8) is 0 Å². The minimum atomic E-state index is -0.143. The number of carbonyl (C=O) groups excluding carboxylic acids is 1. The Bertz CT molecular complexity index is 467. The molecule has 2 aliphatic heterocycles. The van der Waals surface area contributed by atoms with Crippen LogP contribution in [0.4, 0.5) is 0 Å². The molecule has 21 heavy (non-hydrogen) atoms. The van der Waals surface area contributed by atoms with Gasteiger partial charge in [-0.25, -0.2) is 4.68 Å². The Morgan fingerprint density at radius 2 is 2.24 bits per heavy atom. The molecular formula is C13H22N6O2. The molecule has 0 unspecified atom stereocenters. The summed E-state index contributed by atoms with van der Waals surface area (Å²) < 4.78 is 7.07. The van der Waals surface area contributed by atoms with E-state index in [-0.39, 0.29) is 5.91 Å². The molecule has 116 valence electrons. The van der Waals surface area contributed by atoms with Gasteiger partial charge in [0.05, 0.1) is 25.5 Å². The summed E-state index contributed by atoms with van der Waals surface area (Å²) in [6.07, 6.45) is 2.66. The van der Waals surface area contributed by atoms with Gasteiger partial charge in [-0.05, 0) is 13.0 Å². The maximum absolute atomic E-state index is 12.0. The Labute approximate surface area is 123 Å². The second-order valence-corrected chi connectivity index (χ2v) is 5.46. The number of hydrogen-bond donors (Lipinski definition) is 2. The number of hydrogen-bond acceptors (Lipinski definition) is 6. The summed E-state index contributed by atoms with van der Waals surface area (Å²) in [5.41, 5.74) is 0.397. The number of rotatable bonds is 6. The fraction of sp³-hybridized carbons (Fsp3) is 0.769. The number of nitrogens with zero attached hydrogens (tertiary/aromatic N) is 4. The molecule has 0 saturated carbocycles. The minimum absolute atomic E-state index is 0.143. The monoisotopic (exact) mass is 294 g/mol. The van der Waals surface area contributed by atoms with Crippen molar-refractivity contribution in [1.82, 2.24) is 30.5 Å². The average Bonchev–Trinajstić information content (AvgIpc) is 2.92. The number of amides is 1. The summed E-state index contributed by atoms with van der Waals surface area (Å²) in [5, 5.41) is 14.0. The van der Waals surface area contributed by atoms with Crippen molar-refractivity contribution in [2.75, 3.05) is 52.5 Å². The lowest BCUT2D eigenvalue weighted by atomic mass is 10.2. The van der Waals surface area contributed by atoms with Crippen molar-refractivity contribution in [2.45, 2.75) is 12.5 Å². The third-order valence-electron chi connectivity index (χ3n) is 3.92. The summed E-state index contributed by atoms with van der Waals surface area (Å²) in [4.78, 5) is 14.3. The summed E-state index contributed by atoms with van der Waals surface area (Å²) >= 11 is 0. The van der Waals surface area contributed by atoms with Crippen LogP contribution in [0.25, 0.3) is 0 Å². The van der Waals surface area contributed by atoms with Gasteiger partial charge in [-0.15, -0.1) is 5.10 Å². The van der Waals surface area contributed by atoms with E-state index in [1.165, 1.54) is 0 Å². The molecule has 0 aliphatic carbocycles. The Kier molecular flexibility index (Phi) is 4.79. The molecule has 3 heterocycles. The van der Waals surface area contributed by atoms with Crippen molar-refractivity contribution < 1.29 is 9.53 Å². The minimum Gasteiger partial charge on any atom is -0.379 e. The first kappa shape index (κ1) is 14.4. The van der Waals surface area contributed by atoms with Crippen LogP contribution in [0.2, 0.25) is 0 Å². The van der Waals surface area contributed by atoms with Gasteiger partial charge in [0.15, 0.2) is 5.69 Å². The van der Waals surface area contributed by atoms with Crippen LogP contribution >= 0.6 is 0 Å². The van der Waals surface area contributed by atoms with Gasteiger partial charge in [-0.2, -0.15) is 0 Å². The van der Waals surface area contributed by atoms with E-state index in [0.717, 1.165) is 52.4 Å². The molecule has 3 rings (SSSR count). The number of morpholine rings is 1. The third kappa shape index (κ3) is 3.78. The molecule has 0 spiro atoms. The molecule has 8 heteroatoms. The molecular weight excluding hydrogens is 272 g/mol. The van der Waals surface area contributed by atoms with Gasteiger partial charge < -0.3 is 15.4 Å². The topological polar surface area (TPSA) is 84.3 Å². The zero-order chi connectivity index (χ0) is 14.5. The first-order chi connectivity index (χ1) is 10.3. The highest BCUT2D eigenvalue weighted by Crippen LogP contribution is 2.09. The quantitative estimate of drug-likeness (QED) is 0.646. The zero-order valence-electron chi connectivity index (χ0n) is 12.1. The largest absolute Gasteiger partial charge is 0.379 e. The van der Waals surface area contributed by atoms with E-state index in [4.69, 9.17) is 4.74 Å². The maximum atomic E-state index is 12.0. The molecule has 0 bridgehead atoms. The number of ether oxygens (including phenoxy) is 1. The molecule has 1 amide bonds. The zero-order valence-corrected chi connectivity index (χ0v) is 12.1. The molecule has 2 aliphatic rings. The van der Waals surface area contributed by atoms with E-state index >= 15 is 0 Å². The molecule has 0 atom stereocenters. The van der Waals surface area contributed by atoms with Gasteiger partial charge in [-0.3, -0.25) is 9.69 Å². The van der Waals surface area contributed by atoms with Crippen LogP contribution in [0.3, 0.4) is 0 Å². The van der Waals surface area contributed by atoms with Crippen LogP contribution in [0.5, 0.6) is 0 Å². The molecule has 0 aromatic carbocycles. The smallest absolute Gasteiger partial charge is 0.273 e. The van der Waals surface area contributed by atoms with E-state index < -0.39 is 0 Å². The van der Waals surface area contributed by atoms with Gasteiger partial charge in [0.1, 0.15) is 0 Å². The van der Waals surface area contributed by atoms with Gasteiger partial charge >= 0.3 is 0 Å². The Morgan fingerprint density at radius 3 is 2.95 bits per heavy atom. The Balaban J connectivity index is 1.36. The highest BCUT2D eigenvalue weighted by atomic mass is 16.5. The average molecular weight is 294 g/mol. The molecule has 2 saturated heterocycles. The summed E-state index contributed by atoms with van der Waals surface area (Å²) in [6.45, 7) is 7.03. The second kappa shape index (κ2) is 6.97. The van der Waals surface area contributed by atoms with Crippen molar-refractivity contribution in [3.05, 3.63) is 11.9 Å². The standard InChI is InChI=1S/C13H22N6O2/c20-13(12-10-19(17-16-12)11-8-14-9-11)15-2-1-3-18-4-6-21-7-5-18/h10-11,14H,1-9H2,(H,15,20). The van der Waals surface area contributed by atoms with Gasteiger partial charge in [0, 0.05) is 32.7 Å². The highest BCUT2D eigenvalue weighted by molar-refractivity contribution is 5.91. The van der Waals surface area contributed by atoms with Crippen molar-refractivity contribution in [1.29, 1.82) is 0 Å². The van der Waals surface area contributed by atoms with Crippen molar-refractivity contribution in [2.24, 2.45) is 0 Å². The summed E-state index contributed by atoms with van der Waals surface area (Å²) in [6, 6.07) is 0.334. The molecule has 2 N–H and O–H groups in total. The SMILES string of the molecule is O=C(NCCCN1CCOCC1)c1cn(C2CNC2)nn1. The molecule has 1 aromatic heterocycles. The predicted octanol–water partition coefficient (Wildman–Crippen LogP) is -1.13. The highest BCUT2D eigenvalue weighted by Gasteiger charge is 2.21. The maximum Gasteiger partial charge on any atom is 0.273 e. The third-order valence-corrected chi connectivity index (χ3v) is 3.92. The summed E-state index contributed by atoms with van der Waals surface area (Å²) in [5.74, 6) is -0.143. The molecule has 8 nitrogen and oxygen atoms in total. The second-order valence-electron chi connectivity index (χ2n) is 5.46. The lowest BCUT2D eigenvalue weighted by Gasteiger charge is -2.26. The number of aromatic nitrogens is 3. The first-order valence-corrected chi connectivity index (χ1v) is 7.54. The molecule has 2 fully saturated rings. The Hall–Kier alpha value is -1.51. The number of nitrogens with one attached hydrogen (secondary N) is 2. The van der Waals surface area contributed by atoms with Gasteiger partial charge in [0.2, 0.25) is 0 Å². The fourth-order valence-electron chi connectivity index (χ4n) is 2.44. The van der Waals surface area contributed by atoms with Crippen LogP contribution < -0.4 is 10.6 Å². The van der Waals surface area contributed by atoms with Gasteiger partial charge in [0.25, 0.3) is 5.91 Å². The van der Waals surface area contributed by atoms with Crippen LogP contribution in [-0.4, -0.2) is 78.3 Å². The first-order valence-electron chi connectivity index (χ1n) is 7.54. The molecule has 1 aromatic rings. The lowest BCUT2D eigenvalue weighted by molar-refractivity contribution is 0.0374. The van der Waals surface area contributed by atoms with Crippen LogP contribution in [-0.2, 0) is 4.74 Å². The molecule has 0 radical (unpaired) electrons. The predicted molar refractivity (Wildman–Crippen MR) is 76.1 cm³/mol. The van der Waals surface area contributed by atoms with E-state index in [2.05, 4.69) is 25.8 Å². The van der Waals surface area contributed by atoms with E-state index in [0.29, 0.717) is 18.3 Å². The normalized spacial score (nSPS) is 20.2. The van der Waals surface area contributed by atoms with Gasteiger partial charge in [-0.1, -0.05) is 5.21 Å². The Morgan fingerprint density at radius 1 is 1.43 bits per heavy atom.